The molecule has 3 aromatic carbocycles. The summed E-state index contributed by atoms with van der Waals surface area (Å²) in [5.41, 5.74) is -0.0142. The molecule has 3 aromatic rings. The number of esters is 3. The van der Waals surface area contributed by atoms with Crippen molar-refractivity contribution < 1.29 is 38.1 Å². The Kier molecular flexibility index (Phi) is 9.68. The Labute approximate surface area is 203 Å². The molecular weight excluding hydrogens is 452 g/mol. The number of benzene rings is 3. The zero-order chi connectivity index (χ0) is 24.9. The van der Waals surface area contributed by atoms with Gasteiger partial charge in [0.15, 0.2) is 0 Å². The quantitative estimate of drug-likeness (QED) is 0.216. The summed E-state index contributed by atoms with van der Waals surface area (Å²) in [7, 11) is 0. The van der Waals surface area contributed by atoms with E-state index >= 15 is 0 Å². The first kappa shape index (κ1) is 25.3. The number of hydrogen-bond acceptors (Lipinski definition) is 8. The monoisotopic (exact) mass is 478 g/mol. The zero-order valence-electron chi connectivity index (χ0n) is 19.3. The summed E-state index contributed by atoms with van der Waals surface area (Å²) >= 11 is 0. The minimum atomic E-state index is -0.748. The average molecular weight is 478 g/mol. The summed E-state index contributed by atoms with van der Waals surface area (Å²) in [5.74, 6) is -0.843. The van der Waals surface area contributed by atoms with Gasteiger partial charge in [0, 0.05) is 0 Å². The molecule has 182 valence electrons. The molecule has 8 nitrogen and oxygen atoms in total. The maximum Gasteiger partial charge on any atom is 0.339 e. The van der Waals surface area contributed by atoms with E-state index in [2.05, 4.69) is 0 Å². The molecule has 0 fully saturated rings. The van der Waals surface area contributed by atoms with Gasteiger partial charge in [-0.25, -0.2) is 14.4 Å². The number of ether oxygens (including phenoxy) is 5. The minimum Gasteiger partial charge on any atom is -0.490 e. The van der Waals surface area contributed by atoms with Crippen LogP contribution in [0.1, 0.15) is 38.0 Å². The summed E-state index contributed by atoms with van der Waals surface area (Å²) in [4.78, 5) is 37.5. The van der Waals surface area contributed by atoms with E-state index in [0.717, 1.165) is 0 Å². The summed E-state index contributed by atoms with van der Waals surface area (Å²) in [5, 5.41) is 0. The van der Waals surface area contributed by atoms with Crippen molar-refractivity contribution in [1.82, 2.24) is 0 Å². The van der Waals surface area contributed by atoms with E-state index in [1.807, 2.05) is 36.4 Å². The van der Waals surface area contributed by atoms with E-state index in [1.165, 1.54) is 18.2 Å². The predicted molar refractivity (Wildman–Crippen MR) is 127 cm³/mol. The second kappa shape index (κ2) is 13.4. The molecular formula is C27H26O8. The molecule has 8 heteroatoms. The van der Waals surface area contributed by atoms with E-state index in [9.17, 15) is 14.4 Å². The lowest BCUT2D eigenvalue weighted by atomic mass is 10.0. The Morgan fingerprint density at radius 1 is 0.571 bits per heavy atom. The van der Waals surface area contributed by atoms with Crippen molar-refractivity contribution in [1.29, 1.82) is 0 Å². The van der Waals surface area contributed by atoms with Gasteiger partial charge >= 0.3 is 17.9 Å². The molecule has 0 bridgehead atoms. The summed E-state index contributed by atoms with van der Waals surface area (Å²) in [6, 6.07) is 22.2. The molecule has 0 saturated heterocycles. The van der Waals surface area contributed by atoms with Gasteiger partial charge < -0.3 is 23.7 Å². The Balaban J connectivity index is 1.58. The number of carbonyl (C=O) groups excluding carboxylic acids is 3. The number of rotatable bonds is 12. The van der Waals surface area contributed by atoms with Gasteiger partial charge in [0.05, 0.1) is 23.3 Å². The Morgan fingerprint density at radius 2 is 1.09 bits per heavy atom. The van der Waals surface area contributed by atoms with Gasteiger partial charge in [-0.1, -0.05) is 36.4 Å². The molecule has 35 heavy (non-hydrogen) atoms. The van der Waals surface area contributed by atoms with Gasteiger partial charge in [0.2, 0.25) is 0 Å². The summed E-state index contributed by atoms with van der Waals surface area (Å²) in [6.45, 7) is 2.02. The van der Waals surface area contributed by atoms with Crippen molar-refractivity contribution in [2.75, 3.05) is 33.0 Å². The van der Waals surface area contributed by atoms with Crippen LogP contribution >= 0.6 is 0 Å². The van der Waals surface area contributed by atoms with Gasteiger partial charge in [0.25, 0.3) is 0 Å². The number of para-hydroxylation sites is 2. The average Bonchev–Trinajstić information content (AvgIpc) is 2.90. The second-order valence-electron chi connectivity index (χ2n) is 7.08. The highest BCUT2D eigenvalue weighted by atomic mass is 16.6. The number of hydrogen-bond donors (Lipinski definition) is 0. The first-order valence-electron chi connectivity index (χ1n) is 11.1. The fourth-order valence-corrected chi connectivity index (χ4v) is 3.01. The van der Waals surface area contributed by atoms with E-state index in [4.69, 9.17) is 23.7 Å². The van der Waals surface area contributed by atoms with Gasteiger partial charge in [0.1, 0.15) is 37.9 Å². The Hall–Kier alpha value is -4.33. The molecule has 0 atom stereocenters. The van der Waals surface area contributed by atoms with E-state index < -0.39 is 17.9 Å². The van der Waals surface area contributed by atoms with Gasteiger partial charge in [-0.3, -0.25) is 0 Å². The van der Waals surface area contributed by atoms with Crippen molar-refractivity contribution in [3.8, 4) is 11.5 Å². The summed E-state index contributed by atoms with van der Waals surface area (Å²) in [6.07, 6.45) is 0. The lowest BCUT2D eigenvalue weighted by Gasteiger charge is -2.12. The van der Waals surface area contributed by atoms with E-state index in [1.54, 1.807) is 31.2 Å². The van der Waals surface area contributed by atoms with Crippen molar-refractivity contribution in [3.63, 3.8) is 0 Å². The topological polar surface area (TPSA) is 97.4 Å². The molecule has 0 saturated carbocycles. The van der Waals surface area contributed by atoms with Crippen LogP contribution in [0.15, 0.2) is 78.9 Å². The number of carbonyl (C=O) groups is 3. The normalized spacial score (nSPS) is 10.2. The van der Waals surface area contributed by atoms with Crippen molar-refractivity contribution in [2.24, 2.45) is 0 Å². The molecule has 0 amide bonds. The lowest BCUT2D eigenvalue weighted by Crippen LogP contribution is -2.18. The highest BCUT2D eigenvalue weighted by Crippen LogP contribution is 2.17. The highest BCUT2D eigenvalue weighted by Gasteiger charge is 2.22. The molecule has 0 aliphatic rings. The SMILES string of the molecule is CCOC(=O)c1cc(C(=O)OCCOc2ccccc2)ccc1C(=O)OCCOc1ccccc1. The van der Waals surface area contributed by atoms with Crippen LogP contribution in [-0.4, -0.2) is 50.9 Å². The van der Waals surface area contributed by atoms with Crippen LogP contribution in [0.3, 0.4) is 0 Å². The van der Waals surface area contributed by atoms with Crippen LogP contribution in [0, 0.1) is 0 Å². The third-order valence-corrected chi connectivity index (χ3v) is 4.63. The lowest BCUT2D eigenvalue weighted by molar-refractivity contribution is 0.0423. The fraction of sp³-hybridized carbons (Fsp3) is 0.222. The predicted octanol–water partition coefficient (Wildman–Crippen LogP) is 4.33. The molecule has 3 rings (SSSR count). The fourth-order valence-electron chi connectivity index (χ4n) is 3.01. The van der Waals surface area contributed by atoms with Crippen LogP contribution in [-0.2, 0) is 14.2 Å². The standard InChI is InChI=1S/C27H26O8/c1-2-31-27(30)24-19-20(25(28)34-17-15-32-21-9-5-3-6-10-21)13-14-23(24)26(29)35-18-16-33-22-11-7-4-8-12-22/h3-14,19H,2,15-18H2,1H3. The Morgan fingerprint density at radius 3 is 1.63 bits per heavy atom. The molecule has 0 radical (unpaired) electrons. The Bertz CT molecular complexity index is 1110. The van der Waals surface area contributed by atoms with Crippen LogP contribution in [0.25, 0.3) is 0 Å². The molecule has 0 spiro atoms. The molecule has 0 heterocycles. The maximum absolute atomic E-state index is 12.6. The van der Waals surface area contributed by atoms with Crippen molar-refractivity contribution in [3.05, 3.63) is 95.6 Å². The van der Waals surface area contributed by atoms with Gasteiger partial charge in [-0.2, -0.15) is 0 Å². The van der Waals surface area contributed by atoms with Crippen LogP contribution in [0.4, 0.5) is 0 Å². The molecule has 0 aromatic heterocycles. The third kappa shape index (κ3) is 7.89. The van der Waals surface area contributed by atoms with Crippen LogP contribution in [0.2, 0.25) is 0 Å². The molecule has 0 N–H and O–H groups in total. The van der Waals surface area contributed by atoms with Crippen molar-refractivity contribution >= 4 is 17.9 Å². The van der Waals surface area contributed by atoms with E-state index in [-0.39, 0.29) is 49.7 Å². The molecule has 0 aliphatic heterocycles. The maximum atomic E-state index is 12.6. The van der Waals surface area contributed by atoms with Gasteiger partial charge in [-0.05, 0) is 49.4 Å². The molecule has 0 aliphatic carbocycles. The zero-order valence-corrected chi connectivity index (χ0v) is 19.3. The largest absolute Gasteiger partial charge is 0.490 e. The molecule has 0 unspecified atom stereocenters. The van der Waals surface area contributed by atoms with E-state index in [0.29, 0.717) is 11.5 Å². The first-order valence-corrected chi connectivity index (χ1v) is 11.1. The van der Waals surface area contributed by atoms with Gasteiger partial charge in [-0.15, -0.1) is 0 Å². The highest BCUT2D eigenvalue weighted by molar-refractivity contribution is 6.05. The second-order valence-corrected chi connectivity index (χ2v) is 7.08. The van der Waals surface area contributed by atoms with Crippen molar-refractivity contribution in [2.45, 2.75) is 6.92 Å². The smallest absolute Gasteiger partial charge is 0.339 e. The summed E-state index contributed by atoms with van der Waals surface area (Å²) < 4.78 is 26.5. The van der Waals surface area contributed by atoms with Crippen LogP contribution in [0.5, 0.6) is 11.5 Å². The van der Waals surface area contributed by atoms with Crippen LogP contribution < -0.4 is 9.47 Å². The minimum absolute atomic E-state index is 0.00761. The third-order valence-electron chi connectivity index (χ3n) is 4.63. The first-order chi connectivity index (χ1) is 17.1.